The van der Waals surface area contributed by atoms with E-state index >= 15 is 0 Å². The van der Waals surface area contributed by atoms with Crippen molar-refractivity contribution in [2.45, 2.75) is 24.8 Å². The SMILES string of the molecule is Cc1ccc(CO)cc1S(=O)(=O)NCCc1nccn1C. The number of hydrogen-bond donors (Lipinski definition) is 2. The average molecular weight is 309 g/mol. The minimum atomic E-state index is -3.59. The van der Waals surface area contributed by atoms with Gasteiger partial charge in [0.1, 0.15) is 5.82 Å². The fourth-order valence-corrected chi connectivity index (χ4v) is 3.37. The molecule has 0 unspecified atom stereocenters. The van der Waals surface area contributed by atoms with E-state index in [9.17, 15) is 8.42 Å². The van der Waals surface area contributed by atoms with Crippen molar-refractivity contribution >= 4 is 10.0 Å². The quantitative estimate of drug-likeness (QED) is 0.824. The molecule has 0 aliphatic carbocycles. The predicted octanol–water partition coefficient (Wildman–Crippen LogP) is 0.742. The summed E-state index contributed by atoms with van der Waals surface area (Å²) in [6, 6.07) is 4.90. The number of aliphatic hydroxyl groups excluding tert-OH is 1. The smallest absolute Gasteiger partial charge is 0.240 e. The number of aliphatic hydroxyl groups is 1. The van der Waals surface area contributed by atoms with Crippen molar-refractivity contribution in [1.29, 1.82) is 0 Å². The van der Waals surface area contributed by atoms with Gasteiger partial charge in [-0.15, -0.1) is 0 Å². The Hall–Kier alpha value is -1.70. The summed E-state index contributed by atoms with van der Waals surface area (Å²) < 4.78 is 29.1. The third-order valence-electron chi connectivity index (χ3n) is 3.29. The Kier molecular flexibility index (Phi) is 4.76. The lowest BCUT2D eigenvalue weighted by Gasteiger charge is -2.10. The topological polar surface area (TPSA) is 84.2 Å². The summed E-state index contributed by atoms with van der Waals surface area (Å²) in [5.41, 5.74) is 1.22. The lowest BCUT2D eigenvalue weighted by molar-refractivity contribution is 0.281. The first-order valence-corrected chi connectivity index (χ1v) is 8.08. The molecule has 1 aromatic heterocycles. The summed E-state index contributed by atoms with van der Waals surface area (Å²) >= 11 is 0. The van der Waals surface area contributed by atoms with Crippen molar-refractivity contribution in [1.82, 2.24) is 14.3 Å². The molecule has 0 amide bonds. The Morgan fingerprint density at radius 2 is 2.14 bits per heavy atom. The van der Waals surface area contributed by atoms with Crippen LogP contribution in [0.25, 0.3) is 0 Å². The van der Waals surface area contributed by atoms with Gasteiger partial charge in [0.2, 0.25) is 10.0 Å². The zero-order chi connectivity index (χ0) is 15.5. The van der Waals surface area contributed by atoms with Crippen LogP contribution in [-0.4, -0.2) is 29.6 Å². The first-order chi connectivity index (χ1) is 9.94. The largest absolute Gasteiger partial charge is 0.392 e. The highest BCUT2D eigenvalue weighted by atomic mass is 32.2. The Morgan fingerprint density at radius 1 is 1.38 bits per heavy atom. The van der Waals surface area contributed by atoms with Crippen LogP contribution in [0, 0.1) is 6.92 Å². The maximum absolute atomic E-state index is 12.3. The van der Waals surface area contributed by atoms with Gasteiger partial charge in [-0.2, -0.15) is 0 Å². The van der Waals surface area contributed by atoms with Gasteiger partial charge >= 0.3 is 0 Å². The molecule has 2 N–H and O–H groups in total. The van der Waals surface area contributed by atoms with E-state index in [2.05, 4.69) is 9.71 Å². The van der Waals surface area contributed by atoms with E-state index in [1.807, 2.05) is 17.8 Å². The molecule has 0 spiro atoms. The van der Waals surface area contributed by atoms with E-state index in [0.717, 1.165) is 5.82 Å². The zero-order valence-corrected chi connectivity index (χ0v) is 12.9. The van der Waals surface area contributed by atoms with Crippen LogP contribution in [0.5, 0.6) is 0 Å². The molecule has 114 valence electrons. The van der Waals surface area contributed by atoms with Crippen LogP contribution in [0.3, 0.4) is 0 Å². The van der Waals surface area contributed by atoms with Gasteiger partial charge in [-0.1, -0.05) is 12.1 Å². The molecule has 1 heterocycles. The molecule has 0 fully saturated rings. The maximum atomic E-state index is 12.3. The first kappa shape index (κ1) is 15.7. The van der Waals surface area contributed by atoms with E-state index in [-0.39, 0.29) is 18.0 Å². The minimum Gasteiger partial charge on any atom is -0.392 e. The van der Waals surface area contributed by atoms with Crippen molar-refractivity contribution in [3.05, 3.63) is 47.5 Å². The number of aryl methyl sites for hydroxylation is 2. The molecular formula is C14H19N3O3S. The van der Waals surface area contributed by atoms with Crippen LogP contribution >= 0.6 is 0 Å². The highest BCUT2D eigenvalue weighted by Gasteiger charge is 2.17. The van der Waals surface area contributed by atoms with Gasteiger partial charge in [0, 0.05) is 32.4 Å². The Balaban J connectivity index is 2.10. The van der Waals surface area contributed by atoms with E-state index in [4.69, 9.17) is 5.11 Å². The molecule has 0 atom stereocenters. The monoisotopic (exact) mass is 309 g/mol. The molecule has 2 aromatic rings. The predicted molar refractivity (Wildman–Crippen MR) is 79.2 cm³/mol. The summed E-state index contributed by atoms with van der Waals surface area (Å²) in [6.45, 7) is 1.82. The lowest BCUT2D eigenvalue weighted by atomic mass is 10.2. The number of hydrogen-bond acceptors (Lipinski definition) is 4. The second-order valence-electron chi connectivity index (χ2n) is 4.86. The van der Waals surface area contributed by atoms with E-state index in [0.29, 0.717) is 17.5 Å². The van der Waals surface area contributed by atoms with Gasteiger partial charge in [0.25, 0.3) is 0 Å². The number of imidazole rings is 1. The molecule has 0 bridgehead atoms. The summed E-state index contributed by atoms with van der Waals surface area (Å²) in [5.74, 6) is 0.818. The van der Waals surface area contributed by atoms with Crippen LogP contribution in [-0.2, 0) is 30.1 Å². The van der Waals surface area contributed by atoms with Crippen molar-refractivity contribution in [3.8, 4) is 0 Å². The van der Waals surface area contributed by atoms with E-state index < -0.39 is 10.0 Å². The van der Waals surface area contributed by atoms with Gasteiger partial charge in [0.15, 0.2) is 0 Å². The molecule has 1 aromatic carbocycles. The number of rotatable bonds is 6. The molecule has 6 nitrogen and oxygen atoms in total. The third-order valence-corrected chi connectivity index (χ3v) is 4.89. The van der Waals surface area contributed by atoms with Gasteiger partial charge < -0.3 is 9.67 Å². The summed E-state index contributed by atoms with van der Waals surface area (Å²) in [6.07, 6.45) is 4.01. The normalized spacial score (nSPS) is 11.8. The standard InChI is InChI=1S/C14H19N3O3S/c1-11-3-4-12(10-18)9-13(11)21(19,20)16-6-5-14-15-7-8-17(14)2/h3-4,7-9,16,18H,5-6,10H2,1-2H3. The highest BCUT2D eigenvalue weighted by molar-refractivity contribution is 7.89. The Morgan fingerprint density at radius 3 is 2.76 bits per heavy atom. The van der Waals surface area contributed by atoms with Gasteiger partial charge in [0.05, 0.1) is 11.5 Å². The van der Waals surface area contributed by atoms with Crippen molar-refractivity contribution < 1.29 is 13.5 Å². The van der Waals surface area contributed by atoms with Crippen molar-refractivity contribution in [2.24, 2.45) is 7.05 Å². The molecule has 7 heteroatoms. The molecule has 0 aliphatic heterocycles. The second kappa shape index (κ2) is 6.38. The molecule has 0 radical (unpaired) electrons. The Bertz CT molecular complexity index is 723. The maximum Gasteiger partial charge on any atom is 0.240 e. The van der Waals surface area contributed by atoms with Crippen LogP contribution in [0.1, 0.15) is 17.0 Å². The molecule has 21 heavy (non-hydrogen) atoms. The van der Waals surface area contributed by atoms with E-state index in [1.165, 1.54) is 6.07 Å². The van der Waals surface area contributed by atoms with Crippen molar-refractivity contribution in [3.63, 3.8) is 0 Å². The number of aromatic nitrogens is 2. The first-order valence-electron chi connectivity index (χ1n) is 6.60. The highest BCUT2D eigenvalue weighted by Crippen LogP contribution is 2.17. The number of nitrogens with one attached hydrogen (secondary N) is 1. The van der Waals surface area contributed by atoms with Crippen LogP contribution in [0.4, 0.5) is 0 Å². The third kappa shape index (κ3) is 3.69. The number of benzene rings is 1. The van der Waals surface area contributed by atoms with Gasteiger partial charge in [-0.05, 0) is 24.1 Å². The van der Waals surface area contributed by atoms with Crippen molar-refractivity contribution in [2.75, 3.05) is 6.54 Å². The molecule has 0 saturated carbocycles. The molecular weight excluding hydrogens is 290 g/mol. The fourth-order valence-electron chi connectivity index (χ4n) is 2.04. The number of sulfonamides is 1. The average Bonchev–Trinajstić information content (AvgIpc) is 2.84. The summed E-state index contributed by atoms with van der Waals surface area (Å²) in [4.78, 5) is 4.35. The van der Waals surface area contributed by atoms with Crippen LogP contribution < -0.4 is 4.72 Å². The molecule has 2 rings (SSSR count). The summed E-state index contributed by atoms with van der Waals surface area (Å²) in [5, 5.41) is 9.12. The summed E-state index contributed by atoms with van der Waals surface area (Å²) in [7, 11) is -1.72. The Labute approximate surface area is 124 Å². The minimum absolute atomic E-state index is 0.184. The van der Waals surface area contributed by atoms with Crippen LogP contribution in [0.2, 0.25) is 0 Å². The zero-order valence-electron chi connectivity index (χ0n) is 12.1. The lowest BCUT2D eigenvalue weighted by Crippen LogP contribution is -2.27. The van der Waals surface area contributed by atoms with E-state index in [1.54, 1.807) is 25.3 Å². The number of nitrogens with zero attached hydrogens (tertiary/aromatic N) is 2. The molecule has 0 aliphatic rings. The second-order valence-corrected chi connectivity index (χ2v) is 6.60. The fraction of sp³-hybridized carbons (Fsp3) is 0.357. The van der Waals surface area contributed by atoms with Gasteiger partial charge in [-0.25, -0.2) is 18.1 Å². The molecule has 0 saturated heterocycles. The van der Waals surface area contributed by atoms with Gasteiger partial charge in [-0.3, -0.25) is 0 Å². The van der Waals surface area contributed by atoms with Crippen LogP contribution in [0.15, 0.2) is 35.5 Å².